The van der Waals surface area contributed by atoms with E-state index >= 15 is 0 Å². The Morgan fingerprint density at radius 1 is 1.10 bits per heavy atom. The van der Waals surface area contributed by atoms with E-state index in [9.17, 15) is 8.42 Å². The molecule has 5 rings (SSSR count). The highest BCUT2D eigenvalue weighted by Crippen LogP contribution is 2.53. The van der Waals surface area contributed by atoms with Gasteiger partial charge in [-0.3, -0.25) is 4.98 Å². The maximum absolute atomic E-state index is 12.0. The van der Waals surface area contributed by atoms with Gasteiger partial charge in [-0.15, -0.1) is 10.2 Å². The molecule has 7 nitrogen and oxygen atoms in total. The first-order chi connectivity index (χ1) is 18.1. The SMILES string of the molecule is CC(C)(C)[Si](C)(C)OC[C@@]1(C)Cc2nnc(C3(c4ccc(-c5cccc(S(C)(=O)=O)c5)cn4)CC3)n2CCS1. The number of fused-ring (bicyclic) bond motifs is 1. The average molecular weight is 585 g/mol. The van der Waals surface area contributed by atoms with Crippen molar-refractivity contribution in [3.63, 3.8) is 0 Å². The molecule has 2 aromatic heterocycles. The highest BCUT2D eigenvalue weighted by molar-refractivity contribution is 8.00. The summed E-state index contributed by atoms with van der Waals surface area (Å²) >= 11 is 1.99. The summed E-state index contributed by atoms with van der Waals surface area (Å²) < 4.78 is 33.0. The zero-order chi connectivity index (χ0) is 28.3. The fraction of sp³-hybridized carbons (Fsp3) is 0.552. The lowest BCUT2D eigenvalue weighted by Gasteiger charge is -2.39. The number of pyridine rings is 1. The predicted octanol–water partition coefficient (Wildman–Crippen LogP) is 5.89. The number of aromatic nitrogens is 4. The van der Waals surface area contributed by atoms with Gasteiger partial charge in [-0.25, -0.2) is 8.42 Å². The summed E-state index contributed by atoms with van der Waals surface area (Å²) in [4.78, 5) is 5.18. The second kappa shape index (κ2) is 9.82. The second-order valence-corrected chi connectivity index (χ2v) is 21.4. The molecule has 1 fully saturated rings. The molecule has 0 bridgehead atoms. The molecule has 1 aliphatic heterocycles. The van der Waals surface area contributed by atoms with Crippen LogP contribution in [0.3, 0.4) is 0 Å². The summed E-state index contributed by atoms with van der Waals surface area (Å²) in [6, 6.07) is 11.1. The Hall–Kier alpha value is -2.01. The van der Waals surface area contributed by atoms with Gasteiger partial charge >= 0.3 is 0 Å². The molecule has 10 heteroatoms. The molecule has 39 heavy (non-hydrogen) atoms. The number of hydrogen-bond acceptors (Lipinski definition) is 7. The van der Waals surface area contributed by atoms with Gasteiger partial charge in [0.15, 0.2) is 18.2 Å². The second-order valence-electron chi connectivity index (χ2n) is 12.9. The van der Waals surface area contributed by atoms with Crippen LogP contribution in [-0.4, -0.2) is 59.8 Å². The third kappa shape index (κ3) is 5.62. The fourth-order valence-corrected chi connectivity index (χ4v) is 7.96. The number of thioether (sulfide) groups is 1. The first-order valence-electron chi connectivity index (χ1n) is 13.6. The molecule has 0 unspecified atom stereocenters. The number of benzene rings is 1. The van der Waals surface area contributed by atoms with Crippen LogP contribution < -0.4 is 0 Å². The monoisotopic (exact) mass is 584 g/mol. The molecule has 1 aromatic carbocycles. The van der Waals surface area contributed by atoms with Crippen LogP contribution in [0.4, 0.5) is 0 Å². The summed E-state index contributed by atoms with van der Waals surface area (Å²) in [6.45, 7) is 15.4. The third-order valence-corrected chi connectivity index (χ3v) is 15.6. The number of sulfone groups is 1. The number of hydrogen-bond donors (Lipinski definition) is 0. The quantitative estimate of drug-likeness (QED) is 0.320. The van der Waals surface area contributed by atoms with Crippen LogP contribution in [0, 0.1) is 0 Å². The fourth-order valence-electron chi connectivity index (χ4n) is 4.94. The Morgan fingerprint density at radius 3 is 2.46 bits per heavy atom. The molecule has 0 radical (unpaired) electrons. The van der Waals surface area contributed by atoms with Gasteiger partial charge in [0.05, 0.1) is 16.0 Å². The zero-order valence-electron chi connectivity index (χ0n) is 24.1. The van der Waals surface area contributed by atoms with Crippen LogP contribution >= 0.6 is 11.8 Å². The molecule has 1 saturated carbocycles. The zero-order valence-corrected chi connectivity index (χ0v) is 26.7. The maximum atomic E-state index is 12.0. The van der Waals surface area contributed by atoms with Crippen LogP contribution in [0.1, 0.15) is 57.9 Å². The molecule has 0 N–H and O–H groups in total. The Bertz CT molecular complexity index is 1470. The van der Waals surface area contributed by atoms with Gasteiger partial charge in [0.25, 0.3) is 0 Å². The van der Waals surface area contributed by atoms with E-state index in [0.29, 0.717) is 4.90 Å². The number of nitrogens with zero attached hydrogens (tertiary/aromatic N) is 4. The Labute approximate surface area is 238 Å². The summed E-state index contributed by atoms with van der Waals surface area (Å²) in [5.41, 5.74) is 2.53. The van der Waals surface area contributed by atoms with Gasteiger partial charge < -0.3 is 8.99 Å². The predicted molar refractivity (Wildman–Crippen MR) is 161 cm³/mol. The van der Waals surface area contributed by atoms with E-state index < -0.39 is 18.2 Å². The molecule has 1 aliphatic carbocycles. The van der Waals surface area contributed by atoms with Crippen LogP contribution in [0.5, 0.6) is 0 Å². The lowest BCUT2D eigenvalue weighted by molar-refractivity contribution is 0.252. The minimum absolute atomic E-state index is 0.0365. The van der Waals surface area contributed by atoms with Crippen molar-refractivity contribution in [2.24, 2.45) is 0 Å². The Kier molecular flexibility index (Phi) is 7.18. The first kappa shape index (κ1) is 28.5. The standard InChI is InChI=1S/C29H40N4O3S2Si/c1-27(2,3)39(6,7)36-20-28(4)18-25-31-32-26(33(25)15-16-37-28)29(13-14-29)24-12-11-22(19-30-24)21-9-8-10-23(17-21)38(5,34)35/h8-12,17,19H,13-16,18,20H2,1-7H3/t28-/m1/s1. The van der Waals surface area contributed by atoms with E-state index in [1.54, 1.807) is 18.2 Å². The van der Waals surface area contributed by atoms with Crippen molar-refractivity contribution >= 4 is 29.9 Å². The summed E-state index contributed by atoms with van der Waals surface area (Å²) in [6.07, 6.45) is 5.91. The normalized spacial score (nSPS) is 21.3. The Morgan fingerprint density at radius 2 is 1.85 bits per heavy atom. The van der Waals surface area contributed by atoms with Gasteiger partial charge in [-0.2, -0.15) is 11.8 Å². The van der Waals surface area contributed by atoms with Gasteiger partial charge in [0.1, 0.15) is 11.6 Å². The average Bonchev–Trinajstić information content (AvgIpc) is 3.61. The van der Waals surface area contributed by atoms with Crippen LogP contribution in [0.25, 0.3) is 11.1 Å². The van der Waals surface area contributed by atoms with Crippen molar-refractivity contribution in [1.82, 2.24) is 19.7 Å². The van der Waals surface area contributed by atoms with E-state index in [1.165, 1.54) is 6.26 Å². The summed E-state index contributed by atoms with van der Waals surface area (Å²) in [7, 11) is -5.11. The van der Waals surface area contributed by atoms with Crippen molar-refractivity contribution in [3.8, 4) is 11.1 Å². The molecule has 3 heterocycles. The smallest absolute Gasteiger partial charge is 0.192 e. The van der Waals surface area contributed by atoms with Crippen molar-refractivity contribution in [1.29, 1.82) is 0 Å². The van der Waals surface area contributed by atoms with Gasteiger partial charge in [0, 0.05) is 48.1 Å². The van der Waals surface area contributed by atoms with Crippen molar-refractivity contribution in [2.45, 2.75) is 86.7 Å². The molecule has 3 aromatic rings. The topological polar surface area (TPSA) is 87.0 Å². The molecular weight excluding hydrogens is 545 g/mol. The van der Waals surface area contributed by atoms with Crippen LogP contribution in [0.15, 0.2) is 47.5 Å². The van der Waals surface area contributed by atoms with Gasteiger partial charge in [-0.05, 0) is 61.7 Å². The van der Waals surface area contributed by atoms with Crippen molar-refractivity contribution < 1.29 is 12.8 Å². The van der Waals surface area contributed by atoms with Crippen molar-refractivity contribution in [2.75, 3.05) is 18.6 Å². The lowest BCUT2D eigenvalue weighted by atomic mass is 9.98. The minimum atomic E-state index is -3.27. The van der Waals surface area contributed by atoms with Crippen molar-refractivity contribution in [3.05, 3.63) is 59.9 Å². The van der Waals surface area contributed by atoms with E-state index in [4.69, 9.17) is 19.6 Å². The molecule has 0 spiro atoms. The number of rotatable bonds is 7. The molecule has 0 amide bonds. The lowest BCUT2D eigenvalue weighted by Crippen LogP contribution is -2.45. The molecule has 210 valence electrons. The highest BCUT2D eigenvalue weighted by Gasteiger charge is 2.52. The first-order valence-corrected chi connectivity index (χ1v) is 19.4. The van der Waals surface area contributed by atoms with E-state index in [2.05, 4.69) is 51.4 Å². The van der Waals surface area contributed by atoms with E-state index in [1.807, 2.05) is 30.1 Å². The van der Waals surface area contributed by atoms with Crippen LogP contribution in [-0.2, 0) is 32.6 Å². The van der Waals surface area contributed by atoms with Gasteiger partial charge in [0.2, 0.25) is 0 Å². The molecule has 0 saturated heterocycles. The molecular formula is C29H40N4O3S2Si. The minimum Gasteiger partial charge on any atom is -0.415 e. The maximum Gasteiger partial charge on any atom is 0.192 e. The third-order valence-electron chi connectivity index (χ3n) is 8.70. The van der Waals surface area contributed by atoms with E-state index in [0.717, 1.165) is 66.6 Å². The summed E-state index contributed by atoms with van der Waals surface area (Å²) in [5.74, 6) is 3.05. The van der Waals surface area contributed by atoms with E-state index in [-0.39, 0.29) is 15.2 Å². The largest absolute Gasteiger partial charge is 0.415 e. The Balaban J connectivity index is 1.37. The highest BCUT2D eigenvalue weighted by atomic mass is 32.2. The summed E-state index contributed by atoms with van der Waals surface area (Å²) in [5, 5.41) is 9.64. The van der Waals surface area contributed by atoms with Crippen LogP contribution in [0.2, 0.25) is 18.1 Å². The molecule has 1 atom stereocenters. The molecule has 2 aliphatic rings. The van der Waals surface area contributed by atoms with Gasteiger partial charge in [-0.1, -0.05) is 39.0 Å².